The fourth-order valence-corrected chi connectivity index (χ4v) is 3.14. The molecule has 0 aromatic heterocycles. The van der Waals surface area contributed by atoms with Gasteiger partial charge in [-0.05, 0) is 67.2 Å². The smallest absolute Gasteiger partial charge is 0.311 e. The minimum Gasteiger partial charge on any atom is -0.465 e. The van der Waals surface area contributed by atoms with E-state index in [-0.39, 0.29) is 51.8 Å². The van der Waals surface area contributed by atoms with E-state index in [1.54, 1.807) is 26.4 Å². The van der Waals surface area contributed by atoms with Crippen LogP contribution in [0.5, 0.6) is 0 Å². The maximum Gasteiger partial charge on any atom is 0.311 e. The number of rotatable bonds is 20. The Bertz CT molecular complexity index is 928. The van der Waals surface area contributed by atoms with E-state index in [1.807, 2.05) is 62.3 Å². The van der Waals surface area contributed by atoms with E-state index < -0.39 is 0 Å². The molecule has 2 saturated heterocycles. The summed E-state index contributed by atoms with van der Waals surface area (Å²) < 4.78 is 40.5. The monoisotopic (exact) mass is 702 g/mol. The molecule has 11 nitrogen and oxygen atoms in total. The predicted octanol–water partition coefficient (Wildman–Crippen LogP) is 6.76. The van der Waals surface area contributed by atoms with E-state index in [9.17, 15) is 14.4 Å². The second kappa shape index (κ2) is 25.6. The number of esters is 3. The van der Waals surface area contributed by atoms with Gasteiger partial charge in [-0.3, -0.25) is 14.4 Å². The van der Waals surface area contributed by atoms with Gasteiger partial charge >= 0.3 is 17.9 Å². The van der Waals surface area contributed by atoms with Crippen molar-refractivity contribution < 1.29 is 52.3 Å². The van der Waals surface area contributed by atoms with Crippen molar-refractivity contribution in [2.24, 2.45) is 21.7 Å². The van der Waals surface area contributed by atoms with Gasteiger partial charge in [0, 0.05) is 14.2 Å². The quantitative estimate of drug-likeness (QED) is 0.0439. The maximum atomic E-state index is 11.7. The standard InChI is InChI=1S/C12H22O3.C9H16O3.C9H16O2.C8H16O3/c1-5-11(3,4)10(13)15-9-12(6-2)7-14-8-12;1-4-9(2,3)8(10)12-6-7-5-11-7;1-5-7-11-8(10)9(3,4)6-2;1-4-5-11-7-8(10-3)6-9-2/h5-9H2,1-4H3;7H,4-6H2,1-3H3;5H,1,6-7H2,2-4H3;4,8H,1,5-7H2,2-3H3. The summed E-state index contributed by atoms with van der Waals surface area (Å²) in [6.45, 7) is 31.5. The summed E-state index contributed by atoms with van der Waals surface area (Å²) in [6.07, 6.45) is 6.89. The molecule has 0 aromatic rings. The number of carbonyl (C=O) groups excluding carboxylic acids is 3. The summed E-state index contributed by atoms with van der Waals surface area (Å²) in [5.41, 5.74) is -0.975. The van der Waals surface area contributed by atoms with Crippen LogP contribution in [0.2, 0.25) is 0 Å². The molecule has 0 aliphatic carbocycles. The van der Waals surface area contributed by atoms with E-state index in [1.165, 1.54) is 0 Å². The van der Waals surface area contributed by atoms with E-state index in [0.717, 1.165) is 45.5 Å². The van der Waals surface area contributed by atoms with Gasteiger partial charge in [0.2, 0.25) is 0 Å². The Morgan fingerprint density at radius 2 is 1.24 bits per heavy atom. The van der Waals surface area contributed by atoms with Gasteiger partial charge in [-0.25, -0.2) is 0 Å². The number of carbonyl (C=O) groups is 3. The molecule has 2 fully saturated rings. The van der Waals surface area contributed by atoms with E-state index >= 15 is 0 Å². The third kappa shape index (κ3) is 21.5. The Labute approximate surface area is 297 Å². The number of methoxy groups -OCH3 is 2. The molecule has 2 atom stereocenters. The highest BCUT2D eigenvalue weighted by Crippen LogP contribution is 2.32. The molecule has 49 heavy (non-hydrogen) atoms. The van der Waals surface area contributed by atoms with Crippen molar-refractivity contribution in [3.05, 3.63) is 25.3 Å². The van der Waals surface area contributed by atoms with Gasteiger partial charge in [0.15, 0.2) is 0 Å². The molecule has 0 N–H and O–H groups in total. The molecule has 0 radical (unpaired) electrons. The Kier molecular flexibility index (Phi) is 25.5. The molecule has 0 amide bonds. The maximum absolute atomic E-state index is 11.7. The lowest BCUT2D eigenvalue weighted by atomic mass is 9.84. The molecule has 0 saturated carbocycles. The molecular formula is C38H70O11. The van der Waals surface area contributed by atoms with Gasteiger partial charge in [0.25, 0.3) is 0 Å². The highest BCUT2D eigenvalue weighted by molar-refractivity contribution is 5.76. The first kappa shape index (κ1) is 48.8. The zero-order chi connectivity index (χ0) is 38.2. The average Bonchev–Trinajstić information content (AvgIpc) is 3.90. The summed E-state index contributed by atoms with van der Waals surface area (Å²) in [5, 5.41) is 0. The highest BCUT2D eigenvalue weighted by atomic mass is 16.6. The van der Waals surface area contributed by atoms with Crippen LogP contribution in [-0.2, 0) is 52.3 Å². The summed E-state index contributed by atoms with van der Waals surface area (Å²) in [5.74, 6) is -0.370. The van der Waals surface area contributed by atoms with Gasteiger partial charge < -0.3 is 37.9 Å². The Morgan fingerprint density at radius 3 is 1.59 bits per heavy atom. The van der Waals surface area contributed by atoms with Crippen LogP contribution in [0.25, 0.3) is 0 Å². The highest BCUT2D eigenvalue weighted by Gasteiger charge is 2.39. The normalized spacial score (nSPS) is 16.7. The number of ether oxygens (including phenoxy) is 8. The van der Waals surface area contributed by atoms with Gasteiger partial charge in [-0.15, -0.1) is 6.58 Å². The third-order valence-electron chi connectivity index (χ3n) is 8.75. The van der Waals surface area contributed by atoms with Crippen LogP contribution in [-0.4, -0.2) is 104 Å². The summed E-state index contributed by atoms with van der Waals surface area (Å²) >= 11 is 0. The molecule has 11 heteroatoms. The van der Waals surface area contributed by atoms with Crippen molar-refractivity contribution in [3.8, 4) is 0 Å². The summed E-state index contributed by atoms with van der Waals surface area (Å²) in [4.78, 5) is 34.3. The summed E-state index contributed by atoms with van der Waals surface area (Å²) in [7, 11) is 3.28. The van der Waals surface area contributed by atoms with Crippen molar-refractivity contribution in [1.82, 2.24) is 0 Å². The molecule has 2 aliphatic rings. The van der Waals surface area contributed by atoms with Crippen LogP contribution in [0.15, 0.2) is 25.3 Å². The minimum atomic E-state index is -0.362. The van der Waals surface area contributed by atoms with Crippen molar-refractivity contribution in [3.63, 3.8) is 0 Å². The first-order chi connectivity index (χ1) is 22.9. The average molecular weight is 703 g/mol. The van der Waals surface area contributed by atoms with E-state index in [2.05, 4.69) is 20.1 Å². The van der Waals surface area contributed by atoms with Gasteiger partial charge in [-0.1, -0.05) is 46.4 Å². The summed E-state index contributed by atoms with van der Waals surface area (Å²) in [6, 6.07) is 0. The SMILES string of the molecule is C=CCOC(=O)C(C)(C)CC.C=CCOCC(COC)OC.CCC(C)(C)C(=O)OCC1CO1.CCC1(COC(=O)C(C)(C)CC)COC1. The van der Waals surface area contributed by atoms with Crippen LogP contribution in [0, 0.1) is 21.7 Å². The van der Waals surface area contributed by atoms with Crippen molar-refractivity contribution in [2.45, 2.75) is 107 Å². The van der Waals surface area contributed by atoms with Crippen LogP contribution in [0.4, 0.5) is 0 Å². The fraction of sp³-hybridized carbons (Fsp3) is 0.816. The van der Waals surface area contributed by atoms with E-state index in [4.69, 9.17) is 37.9 Å². The molecule has 2 heterocycles. The molecule has 0 spiro atoms. The second-order valence-electron chi connectivity index (χ2n) is 14.2. The first-order valence-corrected chi connectivity index (χ1v) is 17.4. The predicted molar refractivity (Wildman–Crippen MR) is 192 cm³/mol. The van der Waals surface area contributed by atoms with Gasteiger partial charge in [0.05, 0.1) is 61.3 Å². The molecule has 2 rings (SSSR count). The number of hydrogen-bond acceptors (Lipinski definition) is 11. The topological polar surface area (TPSA) is 128 Å². The molecule has 2 unspecified atom stereocenters. The number of epoxide rings is 1. The lowest BCUT2D eigenvalue weighted by Gasteiger charge is -2.40. The second-order valence-corrected chi connectivity index (χ2v) is 14.2. The molecule has 2 aliphatic heterocycles. The first-order valence-electron chi connectivity index (χ1n) is 17.4. The van der Waals surface area contributed by atoms with Crippen LogP contribution >= 0.6 is 0 Å². The largest absolute Gasteiger partial charge is 0.465 e. The Morgan fingerprint density at radius 1 is 0.776 bits per heavy atom. The van der Waals surface area contributed by atoms with Crippen molar-refractivity contribution >= 4 is 17.9 Å². The number of hydrogen-bond donors (Lipinski definition) is 0. The van der Waals surface area contributed by atoms with Crippen LogP contribution in [0.1, 0.15) is 94.9 Å². The molecular weight excluding hydrogens is 632 g/mol. The third-order valence-corrected chi connectivity index (χ3v) is 8.75. The molecule has 0 aromatic carbocycles. The van der Waals surface area contributed by atoms with Crippen molar-refractivity contribution in [2.75, 3.05) is 73.7 Å². The lowest BCUT2D eigenvalue weighted by molar-refractivity contribution is -0.178. The zero-order valence-corrected chi connectivity index (χ0v) is 32.9. The van der Waals surface area contributed by atoms with Gasteiger partial charge in [-0.2, -0.15) is 0 Å². The Hall–Kier alpha value is -2.31. The molecule has 0 bridgehead atoms. The van der Waals surface area contributed by atoms with Crippen LogP contribution < -0.4 is 0 Å². The van der Waals surface area contributed by atoms with E-state index in [0.29, 0.717) is 39.6 Å². The fourth-order valence-electron chi connectivity index (χ4n) is 3.14. The van der Waals surface area contributed by atoms with Crippen molar-refractivity contribution in [1.29, 1.82) is 0 Å². The lowest BCUT2D eigenvalue weighted by Crippen LogP contribution is -2.47. The van der Waals surface area contributed by atoms with Crippen LogP contribution in [0.3, 0.4) is 0 Å². The van der Waals surface area contributed by atoms with Gasteiger partial charge in [0.1, 0.15) is 32.0 Å². The molecule has 288 valence electrons. The Balaban J connectivity index is 0. The zero-order valence-electron chi connectivity index (χ0n) is 32.9. The minimum absolute atomic E-state index is 0.0277.